The normalized spacial score (nSPS) is 10.3. The lowest BCUT2D eigenvalue weighted by molar-refractivity contribution is -0.118. The first-order chi connectivity index (χ1) is 8.68. The van der Waals surface area contributed by atoms with Crippen molar-refractivity contribution in [2.24, 2.45) is 0 Å². The lowest BCUT2D eigenvalue weighted by Gasteiger charge is -2.10. The second-order valence-electron chi connectivity index (χ2n) is 4.01. The number of nitrogen functional groups attached to an aromatic ring is 1. The van der Waals surface area contributed by atoms with Gasteiger partial charge in [0, 0.05) is 37.3 Å². The van der Waals surface area contributed by atoms with Crippen LogP contribution in [0, 0.1) is 0 Å². The van der Waals surface area contributed by atoms with Gasteiger partial charge in [-0.2, -0.15) is 0 Å². The molecular weight excluding hydrogens is 228 g/mol. The first-order valence-electron chi connectivity index (χ1n) is 5.80. The lowest BCUT2D eigenvalue weighted by Crippen LogP contribution is -2.26. The molecule has 2 aromatic rings. The van der Waals surface area contributed by atoms with Crippen LogP contribution in [-0.4, -0.2) is 24.0 Å². The Morgan fingerprint density at radius 2 is 2.17 bits per heavy atom. The van der Waals surface area contributed by atoms with Crippen molar-refractivity contribution < 1.29 is 4.79 Å². The van der Waals surface area contributed by atoms with Crippen molar-refractivity contribution >= 4 is 28.2 Å². The molecule has 0 bridgehead atoms. The van der Waals surface area contributed by atoms with E-state index in [9.17, 15) is 4.79 Å². The Morgan fingerprint density at radius 1 is 1.33 bits per heavy atom. The summed E-state index contributed by atoms with van der Waals surface area (Å²) in [5.74, 6) is -0.0305. The molecule has 4 N–H and O–H groups in total. The summed E-state index contributed by atoms with van der Waals surface area (Å²) in [6.07, 6.45) is 1.74. The first-order valence-corrected chi connectivity index (χ1v) is 5.80. The van der Waals surface area contributed by atoms with Crippen LogP contribution in [0.3, 0.4) is 0 Å². The van der Waals surface area contributed by atoms with Crippen LogP contribution in [0.2, 0.25) is 0 Å². The van der Waals surface area contributed by atoms with Crippen LogP contribution in [0.5, 0.6) is 0 Å². The second kappa shape index (κ2) is 5.35. The summed E-state index contributed by atoms with van der Waals surface area (Å²) in [5, 5.41) is 6.90. The number of aromatic nitrogens is 1. The van der Waals surface area contributed by atoms with Gasteiger partial charge < -0.3 is 16.4 Å². The van der Waals surface area contributed by atoms with E-state index in [1.807, 2.05) is 24.3 Å². The predicted molar refractivity (Wildman–Crippen MR) is 73.3 cm³/mol. The minimum absolute atomic E-state index is 0.0305. The lowest BCUT2D eigenvalue weighted by atomic mass is 10.1. The van der Waals surface area contributed by atoms with Gasteiger partial charge in [0.05, 0.1) is 11.2 Å². The van der Waals surface area contributed by atoms with Crippen LogP contribution in [0.4, 0.5) is 11.4 Å². The van der Waals surface area contributed by atoms with Crippen molar-refractivity contribution in [1.29, 1.82) is 0 Å². The predicted octanol–water partition coefficient (Wildman–Crippen LogP) is 1.36. The Balaban J connectivity index is 2.14. The molecule has 0 unspecified atom stereocenters. The molecule has 1 heterocycles. The second-order valence-corrected chi connectivity index (χ2v) is 4.01. The zero-order valence-electron chi connectivity index (χ0n) is 10.2. The van der Waals surface area contributed by atoms with Crippen LogP contribution >= 0.6 is 0 Å². The van der Waals surface area contributed by atoms with Gasteiger partial charge in [-0.3, -0.25) is 9.78 Å². The highest BCUT2D eigenvalue weighted by Crippen LogP contribution is 2.25. The van der Waals surface area contributed by atoms with Crippen LogP contribution in [0.1, 0.15) is 6.92 Å². The molecule has 0 radical (unpaired) electrons. The maximum atomic E-state index is 10.7. The Bertz CT molecular complexity index is 568. The molecule has 0 atom stereocenters. The number of nitrogens with zero attached hydrogens (tertiary/aromatic N) is 1. The summed E-state index contributed by atoms with van der Waals surface area (Å²) in [6.45, 7) is 2.73. The minimum atomic E-state index is -0.0305. The monoisotopic (exact) mass is 244 g/mol. The molecule has 0 aliphatic rings. The molecule has 0 spiro atoms. The quantitative estimate of drug-likeness (QED) is 0.560. The van der Waals surface area contributed by atoms with Gasteiger partial charge in [-0.25, -0.2) is 0 Å². The van der Waals surface area contributed by atoms with E-state index >= 15 is 0 Å². The van der Waals surface area contributed by atoms with Crippen molar-refractivity contribution in [2.75, 3.05) is 24.1 Å². The van der Waals surface area contributed by atoms with Gasteiger partial charge in [0.2, 0.25) is 5.91 Å². The maximum Gasteiger partial charge on any atom is 0.216 e. The van der Waals surface area contributed by atoms with Gasteiger partial charge in [-0.15, -0.1) is 0 Å². The summed E-state index contributed by atoms with van der Waals surface area (Å²) in [5.41, 5.74) is 8.38. The topological polar surface area (TPSA) is 80.0 Å². The van der Waals surface area contributed by atoms with Crippen molar-refractivity contribution in [3.8, 4) is 0 Å². The van der Waals surface area contributed by atoms with Crippen molar-refractivity contribution in [1.82, 2.24) is 10.3 Å². The number of carbonyl (C=O) groups excluding carboxylic acids is 1. The van der Waals surface area contributed by atoms with E-state index in [-0.39, 0.29) is 5.91 Å². The fourth-order valence-corrected chi connectivity index (χ4v) is 1.77. The van der Waals surface area contributed by atoms with Crippen molar-refractivity contribution in [3.05, 3.63) is 30.5 Å². The molecular formula is C13H16N4O. The fraction of sp³-hybridized carbons (Fsp3) is 0.231. The van der Waals surface area contributed by atoms with Gasteiger partial charge in [0.15, 0.2) is 0 Å². The summed E-state index contributed by atoms with van der Waals surface area (Å²) in [4.78, 5) is 15.1. The first kappa shape index (κ1) is 12.2. The number of rotatable bonds is 4. The molecule has 18 heavy (non-hydrogen) atoms. The van der Waals surface area contributed by atoms with Gasteiger partial charge in [0.25, 0.3) is 0 Å². The zero-order chi connectivity index (χ0) is 13.0. The molecule has 0 fully saturated rings. The molecule has 0 aliphatic heterocycles. The van der Waals surface area contributed by atoms with Gasteiger partial charge in [-0.1, -0.05) is 0 Å². The number of benzene rings is 1. The largest absolute Gasteiger partial charge is 0.398 e. The summed E-state index contributed by atoms with van der Waals surface area (Å²) in [6, 6.07) is 7.56. The average molecular weight is 244 g/mol. The van der Waals surface area contributed by atoms with E-state index in [1.54, 1.807) is 6.20 Å². The molecule has 0 aliphatic carbocycles. The number of carbonyl (C=O) groups is 1. The van der Waals surface area contributed by atoms with E-state index < -0.39 is 0 Å². The Hall–Kier alpha value is -2.30. The Kier molecular flexibility index (Phi) is 3.62. The number of amides is 1. The van der Waals surface area contributed by atoms with E-state index in [0.29, 0.717) is 18.8 Å². The molecule has 1 aromatic heterocycles. The summed E-state index contributed by atoms with van der Waals surface area (Å²) < 4.78 is 0. The molecule has 5 heteroatoms. The van der Waals surface area contributed by atoms with Gasteiger partial charge >= 0.3 is 0 Å². The number of anilines is 2. The number of pyridine rings is 1. The molecule has 5 nitrogen and oxygen atoms in total. The zero-order valence-corrected chi connectivity index (χ0v) is 10.2. The standard InChI is InChI=1S/C13H16N4O/c1-9(18)15-7-8-16-12-5-4-11(14)10-3-2-6-17-13(10)12/h2-6,16H,7-8,14H2,1H3,(H,15,18). The Morgan fingerprint density at radius 3 is 2.94 bits per heavy atom. The molecule has 0 saturated carbocycles. The number of hydrogen-bond donors (Lipinski definition) is 3. The number of nitrogens with two attached hydrogens (primary N) is 1. The summed E-state index contributed by atoms with van der Waals surface area (Å²) in [7, 11) is 0. The van der Waals surface area contributed by atoms with E-state index in [2.05, 4.69) is 15.6 Å². The molecule has 2 rings (SSSR count). The minimum Gasteiger partial charge on any atom is -0.398 e. The van der Waals surface area contributed by atoms with Crippen molar-refractivity contribution in [3.63, 3.8) is 0 Å². The highest BCUT2D eigenvalue weighted by atomic mass is 16.1. The smallest absolute Gasteiger partial charge is 0.216 e. The van der Waals surface area contributed by atoms with Crippen LogP contribution in [0.25, 0.3) is 10.9 Å². The van der Waals surface area contributed by atoms with Crippen LogP contribution in [-0.2, 0) is 4.79 Å². The van der Waals surface area contributed by atoms with E-state index in [4.69, 9.17) is 5.73 Å². The third-order valence-electron chi connectivity index (χ3n) is 2.62. The summed E-state index contributed by atoms with van der Waals surface area (Å²) >= 11 is 0. The molecule has 94 valence electrons. The van der Waals surface area contributed by atoms with Crippen LogP contribution < -0.4 is 16.4 Å². The number of fused-ring (bicyclic) bond motifs is 1. The highest BCUT2D eigenvalue weighted by Gasteiger charge is 2.04. The van der Waals surface area contributed by atoms with Gasteiger partial charge in [0.1, 0.15) is 0 Å². The molecule has 1 amide bonds. The number of hydrogen-bond acceptors (Lipinski definition) is 4. The highest BCUT2D eigenvalue weighted by molar-refractivity contribution is 5.98. The van der Waals surface area contributed by atoms with Crippen molar-refractivity contribution in [2.45, 2.75) is 6.92 Å². The average Bonchev–Trinajstić information content (AvgIpc) is 2.37. The van der Waals surface area contributed by atoms with Gasteiger partial charge in [-0.05, 0) is 24.3 Å². The molecule has 0 saturated heterocycles. The third-order valence-corrected chi connectivity index (χ3v) is 2.62. The Labute approximate surface area is 105 Å². The molecule has 1 aromatic carbocycles. The SMILES string of the molecule is CC(=O)NCCNc1ccc(N)c2cccnc12. The van der Waals surface area contributed by atoms with E-state index in [0.717, 1.165) is 16.6 Å². The van der Waals surface area contributed by atoms with Crippen LogP contribution in [0.15, 0.2) is 30.5 Å². The third kappa shape index (κ3) is 2.68. The van der Waals surface area contributed by atoms with E-state index in [1.165, 1.54) is 6.92 Å². The fourth-order valence-electron chi connectivity index (χ4n) is 1.77. The number of nitrogens with one attached hydrogen (secondary N) is 2. The maximum absolute atomic E-state index is 10.7.